The molecule has 2 atom stereocenters. The van der Waals surface area contributed by atoms with E-state index in [9.17, 15) is 14.4 Å². The first kappa shape index (κ1) is 13.8. The molecule has 106 valence electrons. The van der Waals surface area contributed by atoms with Crippen LogP contribution in [-0.4, -0.2) is 48.4 Å². The van der Waals surface area contributed by atoms with Gasteiger partial charge in [0.25, 0.3) is 0 Å². The molecule has 19 heavy (non-hydrogen) atoms. The van der Waals surface area contributed by atoms with Crippen molar-refractivity contribution in [2.45, 2.75) is 32.2 Å². The van der Waals surface area contributed by atoms with Crippen molar-refractivity contribution in [3.8, 4) is 0 Å². The van der Waals surface area contributed by atoms with Gasteiger partial charge in [-0.05, 0) is 19.8 Å². The van der Waals surface area contributed by atoms with Crippen LogP contribution in [0.25, 0.3) is 0 Å². The number of hydrogen-bond acceptors (Lipinski definition) is 5. The fraction of sp³-hybridized carbons (Fsp3) is 0.750. The second-order valence-electron chi connectivity index (χ2n) is 4.82. The molecule has 2 rings (SSSR count). The third kappa shape index (κ3) is 3.23. The summed E-state index contributed by atoms with van der Waals surface area (Å²) in [4.78, 5) is 36.6. The number of hydrazine groups is 1. The average molecular weight is 269 g/mol. The first-order chi connectivity index (χ1) is 9.11. The minimum Gasteiger partial charge on any atom is -0.466 e. The highest BCUT2D eigenvalue weighted by Gasteiger charge is 2.35. The van der Waals surface area contributed by atoms with Gasteiger partial charge in [-0.25, -0.2) is 5.43 Å². The van der Waals surface area contributed by atoms with Crippen LogP contribution in [0.5, 0.6) is 0 Å². The second kappa shape index (κ2) is 6.01. The fourth-order valence-electron chi connectivity index (χ4n) is 2.45. The second-order valence-corrected chi connectivity index (χ2v) is 4.82. The van der Waals surface area contributed by atoms with E-state index in [1.54, 1.807) is 11.8 Å². The number of hydrogen-bond donors (Lipinski definition) is 2. The van der Waals surface area contributed by atoms with Crippen LogP contribution >= 0.6 is 0 Å². The van der Waals surface area contributed by atoms with E-state index in [-0.39, 0.29) is 30.1 Å². The highest BCUT2D eigenvalue weighted by Crippen LogP contribution is 2.19. The van der Waals surface area contributed by atoms with E-state index < -0.39 is 6.04 Å². The van der Waals surface area contributed by atoms with Crippen molar-refractivity contribution in [1.29, 1.82) is 0 Å². The van der Waals surface area contributed by atoms with Gasteiger partial charge >= 0.3 is 5.97 Å². The summed E-state index contributed by atoms with van der Waals surface area (Å²) >= 11 is 0. The highest BCUT2D eigenvalue weighted by atomic mass is 16.5. The standard InChI is InChI=1S/C12H19N3O4/c1-2-19-12(18)8-4-3-5-15(7-8)11(17)9-6-10(16)14-13-9/h8-9,13H,2-7H2,1H3,(H,14,16). The van der Waals surface area contributed by atoms with Gasteiger partial charge in [0.05, 0.1) is 18.9 Å². The number of piperidine rings is 1. The van der Waals surface area contributed by atoms with Crippen LogP contribution in [0.1, 0.15) is 26.2 Å². The van der Waals surface area contributed by atoms with Gasteiger partial charge in [-0.3, -0.25) is 19.8 Å². The number of carbonyl (C=O) groups excluding carboxylic acids is 3. The molecule has 2 saturated heterocycles. The summed E-state index contributed by atoms with van der Waals surface area (Å²) in [6, 6.07) is -0.520. The molecule has 2 aliphatic heterocycles. The lowest BCUT2D eigenvalue weighted by atomic mass is 9.97. The summed E-state index contributed by atoms with van der Waals surface area (Å²) in [7, 11) is 0. The Morgan fingerprint density at radius 3 is 2.89 bits per heavy atom. The van der Waals surface area contributed by atoms with Gasteiger partial charge in [-0.15, -0.1) is 0 Å². The molecule has 0 bridgehead atoms. The first-order valence-corrected chi connectivity index (χ1v) is 6.61. The lowest BCUT2D eigenvalue weighted by Crippen LogP contribution is -2.50. The molecular formula is C12H19N3O4. The van der Waals surface area contributed by atoms with Gasteiger partial charge in [0.15, 0.2) is 0 Å². The van der Waals surface area contributed by atoms with Gasteiger partial charge in [-0.2, -0.15) is 0 Å². The summed E-state index contributed by atoms with van der Waals surface area (Å²) in [5.41, 5.74) is 5.08. The van der Waals surface area contributed by atoms with Gasteiger partial charge < -0.3 is 9.64 Å². The number of nitrogens with one attached hydrogen (secondary N) is 2. The molecular weight excluding hydrogens is 250 g/mol. The Morgan fingerprint density at radius 2 is 2.26 bits per heavy atom. The zero-order chi connectivity index (χ0) is 13.8. The van der Waals surface area contributed by atoms with Crippen molar-refractivity contribution in [1.82, 2.24) is 15.8 Å². The molecule has 0 saturated carbocycles. The molecule has 0 spiro atoms. The van der Waals surface area contributed by atoms with Crippen molar-refractivity contribution in [2.75, 3.05) is 19.7 Å². The number of nitrogens with zero attached hydrogens (tertiary/aromatic N) is 1. The fourth-order valence-corrected chi connectivity index (χ4v) is 2.45. The molecule has 2 fully saturated rings. The third-order valence-corrected chi connectivity index (χ3v) is 3.43. The normalized spacial score (nSPS) is 27.0. The van der Waals surface area contributed by atoms with E-state index in [1.807, 2.05) is 0 Å². The predicted molar refractivity (Wildman–Crippen MR) is 65.6 cm³/mol. The van der Waals surface area contributed by atoms with Crippen molar-refractivity contribution < 1.29 is 19.1 Å². The van der Waals surface area contributed by atoms with E-state index in [0.717, 1.165) is 12.8 Å². The van der Waals surface area contributed by atoms with Crippen LogP contribution in [0.15, 0.2) is 0 Å². The number of ether oxygens (including phenoxy) is 1. The number of esters is 1. The van der Waals surface area contributed by atoms with Gasteiger partial charge in [0.2, 0.25) is 11.8 Å². The number of rotatable bonds is 3. The zero-order valence-electron chi connectivity index (χ0n) is 11.0. The average Bonchev–Trinajstić information content (AvgIpc) is 2.85. The SMILES string of the molecule is CCOC(=O)C1CCCN(C(=O)C2CC(=O)NN2)C1. The third-order valence-electron chi connectivity index (χ3n) is 3.43. The lowest BCUT2D eigenvalue weighted by Gasteiger charge is -2.32. The molecule has 7 heteroatoms. The van der Waals surface area contributed by atoms with E-state index in [4.69, 9.17) is 4.74 Å². The monoisotopic (exact) mass is 269 g/mol. The summed E-state index contributed by atoms with van der Waals surface area (Å²) in [5, 5.41) is 0. The molecule has 0 radical (unpaired) electrons. The largest absolute Gasteiger partial charge is 0.466 e. The summed E-state index contributed by atoms with van der Waals surface area (Å²) < 4.78 is 4.99. The first-order valence-electron chi connectivity index (χ1n) is 6.61. The van der Waals surface area contributed by atoms with Gasteiger partial charge in [0.1, 0.15) is 6.04 Å². The molecule has 2 heterocycles. The molecule has 0 aromatic heterocycles. The quantitative estimate of drug-likeness (QED) is 0.654. The van der Waals surface area contributed by atoms with Crippen molar-refractivity contribution >= 4 is 17.8 Å². The van der Waals surface area contributed by atoms with Crippen LogP contribution in [0.2, 0.25) is 0 Å². The van der Waals surface area contributed by atoms with Crippen LogP contribution < -0.4 is 10.9 Å². The molecule has 2 N–H and O–H groups in total. The van der Waals surface area contributed by atoms with Gasteiger partial charge in [0, 0.05) is 13.1 Å². The maximum atomic E-state index is 12.2. The Morgan fingerprint density at radius 1 is 1.47 bits per heavy atom. The van der Waals surface area contributed by atoms with E-state index in [2.05, 4.69) is 10.9 Å². The number of carbonyl (C=O) groups is 3. The maximum Gasteiger partial charge on any atom is 0.310 e. The Hall–Kier alpha value is -1.63. The lowest BCUT2D eigenvalue weighted by molar-refractivity contribution is -0.151. The maximum absolute atomic E-state index is 12.2. The zero-order valence-corrected chi connectivity index (χ0v) is 11.0. The number of likely N-dealkylation sites (tertiary alicyclic amines) is 1. The molecule has 2 unspecified atom stereocenters. The Labute approximate surface area is 111 Å². The van der Waals surface area contributed by atoms with Crippen molar-refractivity contribution in [3.05, 3.63) is 0 Å². The molecule has 0 aromatic carbocycles. The molecule has 0 aliphatic carbocycles. The predicted octanol–water partition coefficient (Wildman–Crippen LogP) is -0.819. The van der Waals surface area contributed by atoms with E-state index in [0.29, 0.717) is 19.7 Å². The van der Waals surface area contributed by atoms with Crippen molar-refractivity contribution in [2.24, 2.45) is 5.92 Å². The molecule has 7 nitrogen and oxygen atoms in total. The van der Waals surface area contributed by atoms with Crippen molar-refractivity contribution in [3.63, 3.8) is 0 Å². The summed E-state index contributed by atoms with van der Waals surface area (Å²) in [6.07, 6.45) is 1.68. The molecule has 0 aromatic rings. The molecule has 2 amide bonds. The minimum atomic E-state index is -0.520. The summed E-state index contributed by atoms with van der Waals surface area (Å²) in [6.45, 7) is 3.13. The molecule has 2 aliphatic rings. The van der Waals surface area contributed by atoms with E-state index >= 15 is 0 Å². The Kier molecular flexibility index (Phi) is 4.36. The van der Waals surface area contributed by atoms with E-state index in [1.165, 1.54) is 0 Å². The van der Waals surface area contributed by atoms with Crippen LogP contribution in [0.4, 0.5) is 0 Å². The number of amides is 2. The Bertz CT molecular complexity index is 385. The topological polar surface area (TPSA) is 87.7 Å². The summed E-state index contributed by atoms with van der Waals surface area (Å²) in [5.74, 6) is -0.805. The van der Waals surface area contributed by atoms with Crippen LogP contribution in [-0.2, 0) is 19.1 Å². The highest BCUT2D eigenvalue weighted by molar-refractivity contribution is 5.91. The van der Waals surface area contributed by atoms with Crippen LogP contribution in [0.3, 0.4) is 0 Å². The smallest absolute Gasteiger partial charge is 0.310 e. The Balaban J connectivity index is 1.91. The van der Waals surface area contributed by atoms with Crippen LogP contribution in [0, 0.1) is 5.92 Å². The van der Waals surface area contributed by atoms with Gasteiger partial charge in [-0.1, -0.05) is 0 Å². The minimum absolute atomic E-state index is 0.132.